The van der Waals surface area contributed by atoms with Gasteiger partial charge in [0.25, 0.3) is 0 Å². The molecule has 1 N–H and O–H groups in total. The summed E-state index contributed by atoms with van der Waals surface area (Å²) in [6.45, 7) is 0. The standard InChI is InChI=1S/C19H16N4O4/c24-18(7-8-19(25)26)23-16(10-14(22-23)17-6-3-9-27-17)15-11-20-12-4-1-2-5-13(12)21-15/h1-6,9,11,16H,7-8,10H2,(H,25,26). The number of carbonyl (C=O) groups excluding carboxylic acids is 1. The fourth-order valence-electron chi connectivity index (χ4n) is 3.02. The largest absolute Gasteiger partial charge is 0.481 e. The van der Waals surface area contributed by atoms with Crippen molar-refractivity contribution < 1.29 is 19.1 Å². The van der Waals surface area contributed by atoms with Gasteiger partial charge in [-0.05, 0) is 24.3 Å². The maximum Gasteiger partial charge on any atom is 0.303 e. The van der Waals surface area contributed by atoms with E-state index in [0.29, 0.717) is 23.6 Å². The minimum absolute atomic E-state index is 0.137. The third kappa shape index (κ3) is 3.41. The Balaban J connectivity index is 1.67. The number of nitrogens with zero attached hydrogens (tertiary/aromatic N) is 4. The Morgan fingerprint density at radius 1 is 1.15 bits per heavy atom. The van der Waals surface area contributed by atoms with E-state index in [-0.39, 0.29) is 18.7 Å². The lowest BCUT2D eigenvalue weighted by Gasteiger charge is -2.21. The van der Waals surface area contributed by atoms with E-state index in [2.05, 4.69) is 15.1 Å². The topological polar surface area (TPSA) is 109 Å². The maximum absolute atomic E-state index is 12.6. The molecule has 136 valence electrons. The first-order valence-electron chi connectivity index (χ1n) is 8.49. The first-order chi connectivity index (χ1) is 13.1. The van der Waals surface area contributed by atoms with E-state index in [1.165, 1.54) is 11.3 Å². The number of amides is 1. The van der Waals surface area contributed by atoms with Gasteiger partial charge in [-0.1, -0.05) is 12.1 Å². The fraction of sp³-hybridized carbons (Fsp3) is 0.211. The van der Waals surface area contributed by atoms with Gasteiger partial charge in [0.15, 0.2) is 0 Å². The molecule has 1 aliphatic rings. The summed E-state index contributed by atoms with van der Waals surface area (Å²) >= 11 is 0. The smallest absolute Gasteiger partial charge is 0.303 e. The van der Waals surface area contributed by atoms with Crippen molar-refractivity contribution in [3.8, 4) is 0 Å². The minimum Gasteiger partial charge on any atom is -0.481 e. The molecule has 4 rings (SSSR count). The normalized spacial score (nSPS) is 16.5. The molecule has 1 amide bonds. The van der Waals surface area contributed by atoms with Gasteiger partial charge in [-0.3, -0.25) is 14.6 Å². The zero-order chi connectivity index (χ0) is 18.8. The predicted molar refractivity (Wildman–Crippen MR) is 95.9 cm³/mol. The number of aliphatic carboxylic acids is 1. The van der Waals surface area contributed by atoms with Gasteiger partial charge in [0.1, 0.15) is 17.5 Å². The number of fused-ring (bicyclic) bond motifs is 1. The molecule has 0 saturated carbocycles. The lowest BCUT2D eigenvalue weighted by molar-refractivity contribution is -0.141. The van der Waals surface area contributed by atoms with Crippen LogP contribution in [0.2, 0.25) is 0 Å². The number of carboxylic acid groups (broad SMARTS) is 1. The molecule has 0 aliphatic carbocycles. The van der Waals surface area contributed by atoms with Crippen LogP contribution in [0, 0.1) is 0 Å². The highest BCUT2D eigenvalue weighted by atomic mass is 16.4. The van der Waals surface area contributed by atoms with E-state index in [9.17, 15) is 9.59 Å². The van der Waals surface area contributed by atoms with Gasteiger partial charge in [0.2, 0.25) is 5.91 Å². The Bertz CT molecular complexity index is 1030. The molecule has 3 aromatic rings. The van der Waals surface area contributed by atoms with Gasteiger partial charge in [0, 0.05) is 12.8 Å². The van der Waals surface area contributed by atoms with Gasteiger partial charge < -0.3 is 9.52 Å². The van der Waals surface area contributed by atoms with Crippen LogP contribution in [0.15, 0.2) is 58.4 Å². The lowest BCUT2D eigenvalue weighted by Crippen LogP contribution is -2.28. The third-order valence-corrected chi connectivity index (χ3v) is 4.33. The Kier molecular flexibility index (Phi) is 4.37. The van der Waals surface area contributed by atoms with Gasteiger partial charge in [-0.2, -0.15) is 5.10 Å². The number of para-hydroxylation sites is 2. The highest BCUT2D eigenvalue weighted by Gasteiger charge is 2.35. The Morgan fingerprint density at radius 3 is 2.70 bits per heavy atom. The molecule has 0 saturated heterocycles. The number of benzene rings is 1. The monoisotopic (exact) mass is 364 g/mol. The number of hydrazone groups is 1. The molecule has 0 bridgehead atoms. The summed E-state index contributed by atoms with van der Waals surface area (Å²) in [5.41, 5.74) is 2.70. The molecule has 2 aromatic heterocycles. The molecular weight excluding hydrogens is 348 g/mol. The number of hydrogen-bond donors (Lipinski definition) is 1. The van der Waals surface area contributed by atoms with Crippen molar-refractivity contribution in [2.75, 3.05) is 0 Å². The van der Waals surface area contributed by atoms with Crippen molar-refractivity contribution in [3.63, 3.8) is 0 Å². The second-order valence-electron chi connectivity index (χ2n) is 6.16. The van der Waals surface area contributed by atoms with Crippen LogP contribution in [0.25, 0.3) is 11.0 Å². The number of furan rings is 1. The molecule has 1 aliphatic heterocycles. The third-order valence-electron chi connectivity index (χ3n) is 4.33. The Hall–Kier alpha value is -3.55. The molecule has 3 heterocycles. The number of rotatable bonds is 5. The molecule has 1 aromatic carbocycles. The number of hydrogen-bond acceptors (Lipinski definition) is 6. The van der Waals surface area contributed by atoms with Crippen LogP contribution >= 0.6 is 0 Å². The molecule has 0 fully saturated rings. The average Bonchev–Trinajstić information content (AvgIpc) is 3.35. The van der Waals surface area contributed by atoms with Crippen LogP contribution in [-0.2, 0) is 9.59 Å². The van der Waals surface area contributed by atoms with Gasteiger partial charge in [-0.15, -0.1) is 0 Å². The van der Waals surface area contributed by atoms with Crippen LogP contribution in [-0.4, -0.2) is 37.7 Å². The van der Waals surface area contributed by atoms with Gasteiger partial charge in [-0.25, -0.2) is 9.99 Å². The van der Waals surface area contributed by atoms with E-state index in [1.54, 1.807) is 18.3 Å². The zero-order valence-corrected chi connectivity index (χ0v) is 14.3. The van der Waals surface area contributed by atoms with Crippen molar-refractivity contribution in [3.05, 3.63) is 60.3 Å². The van der Waals surface area contributed by atoms with Crippen LogP contribution in [0.4, 0.5) is 0 Å². The molecule has 27 heavy (non-hydrogen) atoms. The predicted octanol–water partition coefficient (Wildman–Crippen LogP) is 2.77. The number of carbonyl (C=O) groups is 2. The van der Waals surface area contributed by atoms with Gasteiger partial charge in [0.05, 0.1) is 35.6 Å². The van der Waals surface area contributed by atoms with Crippen LogP contribution in [0.5, 0.6) is 0 Å². The average molecular weight is 364 g/mol. The maximum atomic E-state index is 12.6. The zero-order valence-electron chi connectivity index (χ0n) is 14.3. The molecular formula is C19H16N4O4. The molecule has 8 heteroatoms. The van der Waals surface area contributed by atoms with E-state index in [0.717, 1.165) is 11.0 Å². The van der Waals surface area contributed by atoms with E-state index < -0.39 is 12.0 Å². The highest BCUT2D eigenvalue weighted by Crippen LogP contribution is 2.32. The molecule has 0 radical (unpaired) electrons. The molecule has 8 nitrogen and oxygen atoms in total. The van der Waals surface area contributed by atoms with E-state index in [1.807, 2.05) is 24.3 Å². The van der Waals surface area contributed by atoms with Crippen molar-refractivity contribution in [2.45, 2.75) is 25.3 Å². The minimum atomic E-state index is -1.03. The van der Waals surface area contributed by atoms with Crippen LogP contribution in [0.3, 0.4) is 0 Å². The lowest BCUT2D eigenvalue weighted by atomic mass is 10.1. The highest BCUT2D eigenvalue weighted by molar-refractivity contribution is 6.01. The quantitative estimate of drug-likeness (QED) is 0.745. The Labute approximate surface area is 154 Å². The summed E-state index contributed by atoms with van der Waals surface area (Å²) in [4.78, 5) is 32.4. The van der Waals surface area contributed by atoms with Crippen molar-refractivity contribution >= 4 is 28.6 Å². The summed E-state index contributed by atoms with van der Waals surface area (Å²) < 4.78 is 5.40. The molecule has 0 spiro atoms. The molecule has 1 atom stereocenters. The van der Waals surface area contributed by atoms with Gasteiger partial charge >= 0.3 is 5.97 Å². The van der Waals surface area contributed by atoms with Crippen molar-refractivity contribution in [1.82, 2.24) is 15.0 Å². The summed E-state index contributed by atoms with van der Waals surface area (Å²) in [5, 5.41) is 14.6. The second-order valence-corrected chi connectivity index (χ2v) is 6.16. The second kappa shape index (κ2) is 6.99. The fourth-order valence-corrected chi connectivity index (χ4v) is 3.02. The summed E-state index contributed by atoms with van der Waals surface area (Å²) in [6, 6.07) is 10.5. The number of aromatic nitrogens is 2. The summed E-state index contributed by atoms with van der Waals surface area (Å²) in [5.74, 6) is -0.832. The first kappa shape index (κ1) is 16.9. The van der Waals surface area contributed by atoms with E-state index in [4.69, 9.17) is 9.52 Å². The van der Waals surface area contributed by atoms with Crippen molar-refractivity contribution in [1.29, 1.82) is 0 Å². The van der Waals surface area contributed by atoms with Crippen LogP contribution < -0.4 is 0 Å². The number of carboxylic acids is 1. The summed E-state index contributed by atoms with van der Waals surface area (Å²) in [7, 11) is 0. The summed E-state index contributed by atoms with van der Waals surface area (Å²) in [6.07, 6.45) is 3.20. The SMILES string of the molecule is O=C(O)CCC(=O)N1N=C(c2ccco2)CC1c1cnc2ccccc2n1. The molecule has 1 unspecified atom stereocenters. The van der Waals surface area contributed by atoms with E-state index >= 15 is 0 Å². The van der Waals surface area contributed by atoms with Crippen LogP contribution in [0.1, 0.15) is 36.8 Å². The first-order valence-corrected chi connectivity index (χ1v) is 8.49. The Morgan fingerprint density at radius 2 is 1.96 bits per heavy atom. The van der Waals surface area contributed by atoms with Crippen molar-refractivity contribution in [2.24, 2.45) is 5.10 Å².